The van der Waals surface area contributed by atoms with Gasteiger partial charge in [0.15, 0.2) is 0 Å². The molecule has 0 N–H and O–H groups in total. The highest BCUT2D eigenvalue weighted by Gasteiger charge is 2.45. The second kappa shape index (κ2) is 26.7. The summed E-state index contributed by atoms with van der Waals surface area (Å²) in [4.78, 5) is 0. The topological polar surface area (TPSA) is 0 Å². The van der Waals surface area contributed by atoms with Crippen molar-refractivity contribution in [2.45, 2.75) is 219 Å². The summed E-state index contributed by atoms with van der Waals surface area (Å²) in [6.45, 7) is 19.7. The summed E-state index contributed by atoms with van der Waals surface area (Å²) >= 11 is 2.59. The van der Waals surface area contributed by atoms with E-state index < -0.39 is 0 Å². The summed E-state index contributed by atoms with van der Waals surface area (Å²) in [5.74, 6) is 1.65. The second-order valence-corrected chi connectivity index (χ2v) is 14.6. The lowest BCUT2D eigenvalue weighted by Gasteiger charge is -2.50. The van der Waals surface area contributed by atoms with Crippen LogP contribution in [0, 0.1) is 11.8 Å². The van der Waals surface area contributed by atoms with Gasteiger partial charge in [0.05, 0.1) is 0 Å². The Morgan fingerprint density at radius 1 is 0.395 bits per heavy atom. The average Bonchev–Trinajstić information content (AvgIpc) is 2.91. The van der Waals surface area contributed by atoms with Crippen LogP contribution < -0.4 is 0 Å². The molecule has 2 heteroatoms. The van der Waals surface area contributed by atoms with E-state index in [2.05, 4.69) is 67.2 Å². The fourth-order valence-corrected chi connectivity index (χ4v) is 9.08. The highest BCUT2D eigenvalue weighted by molar-refractivity contribution is 8.02. The zero-order valence-electron chi connectivity index (χ0n) is 28.2. The van der Waals surface area contributed by atoms with Gasteiger partial charge in [-0.2, -0.15) is 9.90 Å². The van der Waals surface area contributed by atoms with Crippen LogP contribution in [0.2, 0.25) is 0 Å². The van der Waals surface area contributed by atoms with Crippen LogP contribution in [0.25, 0.3) is 0 Å². The SMILES string of the molecule is CCCCCCCC(CCCCCC)(SC(CCCCCC)(CCCCCCC)C(C)CC)C(C)CC.P. The predicted molar refractivity (Wildman–Crippen MR) is 187 cm³/mol. The van der Waals surface area contributed by atoms with Crippen molar-refractivity contribution >= 4 is 21.7 Å². The third-order valence-corrected chi connectivity index (χ3v) is 12.2. The smallest absolute Gasteiger partial charge is 0.0191 e. The first-order chi connectivity index (χ1) is 17.9. The Labute approximate surface area is 251 Å². The maximum atomic E-state index is 2.64. The van der Waals surface area contributed by atoms with Gasteiger partial charge < -0.3 is 0 Å². The third-order valence-electron chi connectivity index (χ3n) is 9.74. The van der Waals surface area contributed by atoms with Crippen molar-refractivity contribution in [3.63, 3.8) is 0 Å². The lowest BCUT2D eigenvalue weighted by Crippen LogP contribution is -2.43. The molecule has 0 aromatic carbocycles. The summed E-state index contributed by atoms with van der Waals surface area (Å²) in [6.07, 6.45) is 34.1. The molecule has 0 saturated heterocycles. The van der Waals surface area contributed by atoms with Crippen molar-refractivity contribution in [3.8, 4) is 0 Å². The maximum Gasteiger partial charge on any atom is 0.0191 e. The fourth-order valence-electron chi connectivity index (χ4n) is 6.55. The van der Waals surface area contributed by atoms with E-state index in [0.717, 1.165) is 11.8 Å². The molecule has 5 atom stereocenters. The number of rotatable bonds is 28. The number of unbranched alkanes of at least 4 members (excludes halogenated alkanes) is 14. The summed E-state index contributed by atoms with van der Waals surface area (Å²) in [5, 5.41) is 0. The molecular formula is C36H77PS. The summed E-state index contributed by atoms with van der Waals surface area (Å²) in [7, 11) is 0. The van der Waals surface area contributed by atoms with Crippen molar-refractivity contribution in [1.29, 1.82) is 0 Å². The zero-order valence-corrected chi connectivity index (χ0v) is 30.5. The van der Waals surface area contributed by atoms with Crippen LogP contribution >= 0.6 is 21.7 Å². The van der Waals surface area contributed by atoms with Gasteiger partial charge in [0.25, 0.3) is 0 Å². The minimum Gasteiger partial charge on any atom is -0.153 e. The molecule has 0 amide bonds. The van der Waals surface area contributed by atoms with Gasteiger partial charge in [-0.05, 0) is 37.5 Å². The largest absolute Gasteiger partial charge is 0.153 e. The Morgan fingerprint density at radius 3 is 0.868 bits per heavy atom. The molecule has 5 unspecified atom stereocenters. The maximum absolute atomic E-state index is 2.64. The second-order valence-electron chi connectivity index (χ2n) is 12.8. The average molecular weight is 573 g/mol. The van der Waals surface area contributed by atoms with Crippen LogP contribution in [0.3, 0.4) is 0 Å². The molecule has 232 valence electrons. The Hall–Kier alpha value is 0.780. The van der Waals surface area contributed by atoms with Crippen LogP contribution in [0.4, 0.5) is 0 Å². The van der Waals surface area contributed by atoms with Gasteiger partial charge in [-0.1, -0.05) is 184 Å². The predicted octanol–water partition coefficient (Wildman–Crippen LogP) is 14.0. The van der Waals surface area contributed by atoms with Gasteiger partial charge in [0.2, 0.25) is 0 Å². The first kappa shape index (κ1) is 40.9. The Morgan fingerprint density at radius 2 is 0.632 bits per heavy atom. The Kier molecular flexibility index (Phi) is 28.7. The number of hydrogen-bond acceptors (Lipinski definition) is 1. The van der Waals surface area contributed by atoms with E-state index in [4.69, 9.17) is 0 Å². The molecule has 0 bridgehead atoms. The van der Waals surface area contributed by atoms with E-state index in [1.807, 2.05) is 0 Å². The first-order valence-electron chi connectivity index (χ1n) is 17.6. The lowest BCUT2D eigenvalue weighted by atomic mass is 9.81. The van der Waals surface area contributed by atoms with E-state index in [1.54, 1.807) is 0 Å². The van der Waals surface area contributed by atoms with Gasteiger partial charge in [0.1, 0.15) is 0 Å². The van der Waals surface area contributed by atoms with Gasteiger partial charge in [-0.3, -0.25) is 0 Å². The van der Waals surface area contributed by atoms with E-state index in [-0.39, 0.29) is 9.90 Å². The Balaban J connectivity index is 0. The van der Waals surface area contributed by atoms with Gasteiger partial charge >= 0.3 is 0 Å². The number of hydrogen-bond donors (Lipinski definition) is 0. The standard InChI is InChI=1S/C36H74S.H3P/c1-9-15-19-23-27-31-35(33(7)13-5,29-25-21-17-11-3)37-36(34(8)14-6,30-26-22-18-12-4)32-28-24-20-16-10-2;/h33-34H,9-32H2,1-8H3;1H3. The highest BCUT2D eigenvalue weighted by atomic mass is 32.2. The molecular weight excluding hydrogens is 495 g/mol. The van der Waals surface area contributed by atoms with Gasteiger partial charge in [0, 0.05) is 9.49 Å². The summed E-state index contributed by atoms with van der Waals surface area (Å²) < 4.78 is 0.957. The van der Waals surface area contributed by atoms with E-state index in [0.29, 0.717) is 9.49 Å². The molecule has 0 fully saturated rings. The highest BCUT2D eigenvalue weighted by Crippen LogP contribution is 2.56. The lowest BCUT2D eigenvalue weighted by molar-refractivity contribution is 0.295. The van der Waals surface area contributed by atoms with Crippen molar-refractivity contribution in [3.05, 3.63) is 0 Å². The first-order valence-corrected chi connectivity index (χ1v) is 18.4. The van der Waals surface area contributed by atoms with E-state index in [1.165, 1.54) is 154 Å². The van der Waals surface area contributed by atoms with Crippen molar-refractivity contribution < 1.29 is 0 Å². The van der Waals surface area contributed by atoms with Crippen molar-refractivity contribution in [1.82, 2.24) is 0 Å². The minimum absolute atomic E-state index is 0. The zero-order chi connectivity index (χ0) is 27.8. The fraction of sp³-hybridized carbons (Fsp3) is 1.00. The molecule has 0 aromatic heterocycles. The molecule has 0 aliphatic carbocycles. The molecule has 0 aliphatic rings. The molecule has 0 spiro atoms. The summed E-state index contributed by atoms with van der Waals surface area (Å²) in [5.41, 5.74) is 0. The van der Waals surface area contributed by atoms with E-state index in [9.17, 15) is 0 Å². The van der Waals surface area contributed by atoms with Gasteiger partial charge in [-0.15, -0.1) is 11.8 Å². The van der Waals surface area contributed by atoms with Gasteiger partial charge in [-0.25, -0.2) is 0 Å². The molecule has 0 aromatic rings. The summed E-state index contributed by atoms with van der Waals surface area (Å²) in [6, 6.07) is 0. The van der Waals surface area contributed by atoms with E-state index >= 15 is 0 Å². The minimum atomic E-state index is 0. The van der Waals surface area contributed by atoms with Crippen LogP contribution in [0.5, 0.6) is 0 Å². The van der Waals surface area contributed by atoms with Crippen LogP contribution in [0.1, 0.15) is 209 Å². The van der Waals surface area contributed by atoms with Crippen LogP contribution in [0.15, 0.2) is 0 Å². The van der Waals surface area contributed by atoms with Crippen LogP contribution in [-0.2, 0) is 0 Å². The quantitative estimate of drug-likeness (QED) is 0.0663. The molecule has 38 heavy (non-hydrogen) atoms. The van der Waals surface area contributed by atoms with Crippen molar-refractivity contribution in [2.75, 3.05) is 0 Å². The normalized spacial score (nSPS) is 16.4. The monoisotopic (exact) mass is 573 g/mol. The third kappa shape index (κ3) is 16.9. The van der Waals surface area contributed by atoms with Crippen LogP contribution in [-0.4, -0.2) is 9.49 Å². The van der Waals surface area contributed by atoms with Crippen molar-refractivity contribution in [2.24, 2.45) is 11.8 Å². The molecule has 0 saturated carbocycles. The molecule has 0 aliphatic heterocycles. The number of thioether (sulfide) groups is 1. The Bertz CT molecular complexity index is 438. The molecule has 0 nitrogen and oxygen atoms in total. The molecule has 0 heterocycles. The molecule has 0 radical (unpaired) electrons. The molecule has 0 rings (SSSR count).